The number of benzene rings is 1. The van der Waals surface area contributed by atoms with E-state index in [1.54, 1.807) is 19.1 Å². The first-order valence-electron chi connectivity index (χ1n) is 7.84. The van der Waals surface area contributed by atoms with Gasteiger partial charge in [0.05, 0.1) is 14.2 Å². The van der Waals surface area contributed by atoms with Gasteiger partial charge in [-0.3, -0.25) is 4.90 Å². The fourth-order valence-corrected chi connectivity index (χ4v) is 4.74. The van der Waals surface area contributed by atoms with E-state index < -0.39 is 0 Å². The average molecular weight is 315 g/mol. The number of thiophene rings is 1. The summed E-state index contributed by atoms with van der Waals surface area (Å²) in [4.78, 5) is 4.20. The molecule has 1 aromatic carbocycles. The van der Waals surface area contributed by atoms with Crippen LogP contribution in [0.5, 0.6) is 11.5 Å². The Morgan fingerprint density at radius 1 is 1.09 bits per heavy atom. The van der Waals surface area contributed by atoms with Gasteiger partial charge >= 0.3 is 0 Å². The molecule has 0 unspecified atom stereocenters. The van der Waals surface area contributed by atoms with Crippen molar-refractivity contribution in [3.05, 3.63) is 45.1 Å². The molecule has 0 aliphatic carbocycles. The van der Waals surface area contributed by atoms with E-state index in [0.717, 1.165) is 31.0 Å². The molecule has 0 spiro atoms. The predicted molar refractivity (Wildman–Crippen MR) is 89.0 cm³/mol. The van der Waals surface area contributed by atoms with Crippen molar-refractivity contribution in [2.24, 2.45) is 0 Å². The molecule has 0 fully saturated rings. The van der Waals surface area contributed by atoms with Crippen LogP contribution in [-0.2, 0) is 19.4 Å². The lowest BCUT2D eigenvalue weighted by molar-refractivity contribution is 0.173. The third-order valence-electron chi connectivity index (χ3n) is 4.97. The van der Waals surface area contributed by atoms with Crippen LogP contribution in [0, 0.1) is 0 Å². The van der Waals surface area contributed by atoms with Crippen molar-refractivity contribution < 1.29 is 9.47 Å². The van der Waals surface area contributed by atoms with Crippen LogP contribution in [0.3, 0.4) is 0 Å². The second-order valence-corrected chi connectivity index (χ2v) is 7.05. The van der Waals surface area contributed by atoms with Crippen LogP contribution in [0.4, 0.5) is 0 Å². The lowest BCUT2D eigenvalue weighted by Crippen LogP contribution is -2.34. The zero-order valence-corrected chi connectivity index (χ0v) is 13.9. The summed E-state index contributed by atoms with van der Waals surface area (Å²) in [7, 11) is 3.43. The van der Waals surface area contributed by atoms with Gasteiger partial charge in [0.15, 0.2) is 11.5 Å². The van der Waals surface area contributed by atoms with E-state index in [2.05, 4.69) is 28.5 Å². The molecular formula is C18H21NO2S. The molecule has 0 radical (unpaired) electrons. The Balaban J connectivity index is 1.73. The normalized spacial score (nSPS) is 20.5. The van der Waals surface area contributed by atoms with Gasteiger partial charge in [-0.15, -0.1) is 11.3 Å². The zero-order chi connectivity index (χ0) is 15.1. The summed E-state index contributed by atoms with van der Waals surface area (Å²) in [5.74, 6) is 1.70. The van der Waals surface area contributed by atoms with Crippen LogP contribution in [0.2, 0.25) is 0 Å². The largest absolute Gasteiger partial charge is 0.493 e. The Labute approximate surface area is 135 Å². The van der Waals surface area contributed by atoms with Crippen molar-refractivity contribution in [2.75, 3.05) is 20.8 Å². The number of fused-ring (bicyclic) bond motifs is 4. The molecule has 0 saturated carbocycles. The highest BCUT2D eigenvalue weighted by Crippen LogP contribution is 2.42. The minimum absolute atomic E-state index is 0.503. The van der Waals surface area contributed by atoms with E-state index >= 15 is 0 Å². The molecule has 0 bridgehead atoms. The minimum atomic E-state index is 0.503. The summed E-state index contributed by atoms with van der Waals surface area (Å²) in [6, 6.07) is 7.17. The minimum Gasteiger partial charge on any atom is -0.493 e. The number of nitrogens with zero attached hydrogens (tertiary/aromatic N) is 1. The highest BCUT2D eigenvalue weighted by Gasteiger charge is 2.31. The molecule has 4 rings (SSSR count). The Bertz CT molecular complexity index is 694. The standard InChI is InChI=1S/C18H21NO2S/c1-20-16-9-12-5-7-19-11-13-6-8-22-18(13)4-3-15(19)14(12)10-17(16)21-2/h6,8-10,15H,3-5,7,11H2,1-2H3/t15-/m0/s1. The van der Waals surface area contributed by atoms with E-state index in [4.69, 9.17) is 9.47 Å². The second-order valence-electron chi connectivity index (χ2n) is 6.05. The lowest BCUT2D eigenvalue weighted by Gasteiger charge is -2.36. The Morgan fingerprint density at radius 2 is 1.91 bits per heavy atom. The maximum absolute atomic E-state index is 5.52. The van der Waals surface area contributed by atoms with Crippen LogP contribution >= 0.6 is 11.3 Å². The molecule has 1 atom stereocenters. The fourth-order valence-electron chi connectivity index (χ4n) is 3.82. The van der Waals surface area contributed by atoms with Crippen molar-refractivity contribution in [1.29, 1.82) is 0 Å². The van der Waals surface area contributed by atoms with Gasteiger partial charge in [0, 0.05) is 24.0 Å². The molecule has 3 nitrogen and oxygen atoms in total. The topological polar surface area (TPSA) is 21.7 Å². The molecule has 0 amide bonds. The summed E-state index contributed by atoms with van der Waals surface area (Å²) >= 11 is 1.91. The number of methoxy groups -OCH3 is 2. The van der Waals surface area contributed by atoms with Crippen molar-refractivity contribution in [1.82, 2.24) is 4.90 Å². The quantitative estimate of drug-likeness (QED) is 0.841. The van der Waals surface area contributed by atoms with Gasteiger partial charge in [0.2, 0.25) is 0 Å². The zero-order valence-electron chi connectivity index (χ0n) is 13.1. The summed E-state index contributed by atoms with van der Waals surface area (Å²) < 4.78 is 11.0. The third-order valence-corrected chi connectivity index (χ3v) is 5.99. The number of ether oxygens (including phenoxy) is 2. The molecule has 0 saturated heterocycles. The van der Waals surface area contributed by atoms with Crippen molar-refractivity contribution >= 4 is 11.3 Å². The van der Waals surface area contributed by atoms with Crippen molar-refractivity contribution in [3.8, 4) is 11.5 Å². The van der Waals surface area contributed by atoms with Crippen LogP contribution in [0.1, 0.15) is 34.0 Å². The highest BCUT2D eigenvalue weighted by molar-refractivity contribution is 7.10. The van der Waals surface area contributed by atoms with E-state index in [-0.39, 0.29) is 0 Å². The first-order chi connectivity index (χ1) is 10.8. The first-order valence-corrected chi connectivity index (χ1v) is 8.72. The number of rotatable bonds is 2. The summed E-state index contributed by atoms with van der Waals surface area (Å²) in [6.45, 7) is 2.21. The smallest absolute Gasteiger partial charge is 0.161 e. The van der Waals surface area contributed by atoms with E-state index in [9.17, 15) is 0 Å². The molecule has 1 aromatic heterocycles. The molecular weight excluding hydrogens is 294 g/mol. The molecule has 22 heavy (non-hydrogen) atoms. The molecule has 2 aliphatic rings. The van der Waals surface area contributed by atoms with E-state index in [1.807, 2.05) is 11.3 Å². The van der Waals surface area contributed by atoms with Gasteiger partial charge in [-0.2, -0.15) is 0 Å². The van der Waals surface area contributed by atoms with Gasteiger partial charge in [-0.05, 0) is 59.5 Å². The first kappa shape index (κ1) is 14.1. The van der Waals surface area contributed by atoms with Gasteiger partial charge in [0.1, 0.15) is 0 Å². The maximum Gasteiger partial charge on any atom is 0.161 e. The van der Waals surface area contributed by atoms with Crippen LogP contribution in [0.25, 0.3) is 0 Å². The highest BCUT2D eigenvalue weighted by atomic mass is 32.1. The number of aryl methyl sites for hydroxylation is 1. The summed E-state index contributed by atoms with van der Waals surface area (Å²) in [6.07, 6.45) is 3.46. The van der Waals surface area contributed by atoms with Crippen LogP contribution < -0.4 is 9.47 Å². The molecule has 0 N–H and O–H groups in total. The average Bonchev–Trinajstić information content (AvgIpc) is 2.91. The second kappa shape index (κ2) is 5.60. The Kier molecular flexibility index (Phi) is 3.59. The van der Waals surface area contributed by atoms with Crippen LogP contribution in [-0.4, -0.2) is 25.7 Å². The maximum atomic E-state index is 5.52. The SMILES string of the molecule is COc1cc2c(cc1OC)[C@@H]1CCc3sccc3CN1CC2. The summed E-state index contributed by atoms with van der Waals surface area (Å²) in [5, 5.41) is 2.23. The monoisotopic (exact) mass is 315 g/mol. The molecule has 2 aliphatic heterocycles. The van der Waals surface area contributed by atoms with Gasteiger partial charge in [-0.1, -0.05) is 0 Å². The predicted octanol–water partition coefficient (Wildman–Crippen LogP) is 3.81. The Hall–Kier alpha value is -1.52. The fraction of sp³-hybridized carbons (Fsp3) is 0.444. The third kappa shape index (κ3) is 2.22. The molecule has 2 aromatic rings. The van der Waals surface area contributed by atoms with Crippen molar-refractivity contribution in [2.45, 2.75) is 31.8 Å². The Morgan fingerprint density at radius 3 is 2.73 bits per heavy atom. The molecule has 4 heteroatoms. The van der Waals surface area contributed by atoms with E-state index in [0.29, 0.717) is 6.04 Å². The number of hydrogen-bond acceptors (Lipinski definition) is 4. The van der Waals surface area contributed by atoms with Gasteiger partial charge in [0.25, 0.3) is 0 Å². The van der Waals surface area contributed by atoms with Gasteiger partial charge in [-0.25, -0.2) is 0 Å². The molecule has 116 valence electrons. The molecule has 3 heterocycles. The van der Waals surface area contributed by atoms with E-state index in [1.165, 1.54) is 29.5 Å². The lowest BCUT2D eigenvalue weighted by atomic mass is 9.90. The van der Waals surface area contributed by atoms with Gasteiger partial charge < -0.3 is 9.47 Å². The van der Waals surface area contributed by atoms with Crippen LogP contribution in [0.15, 0.2) is 23.6 Å². The number of hydrogen-bond donors (Lipinski definition) is 0. The summed E-state index contributed by atoms with van der Waals surface area (Å²) in [5.41, 5.74) is 4.37. The van der Waals surface area contributed by atoms with Crippen molar-refractivity contribution in [3.63, 3.8) is 0 Å².